The second kappa shape index (κ2) is 4.86. The van der Waals surface area contributed by atoms with Crippen molar-refractivity contribution in [2.75, 3.05) is 7.11 Å². The molecule has 2 aromatic carbocycles. The van der Waals surface area contributed by atoms with E-state index in [-0.39, 0.29) is 11.5 Å². The molecule has 3 rings (SSSR count). The highest BCUT2D eigenvalue weighted by molar-refractivity contribution is 5.83. The van der Waals surface area contributed by atoms with Crippen LogP contribution in [0.5, 0.6) is 17.2 Å². The molecule has 0 aliphatic heterocycles. The summed E-state index contributed by atoms with van der Waals surface area (Å²) in [4.78, 5) is 12.0. The number of ether oxygens (including phenoxy) is 1. The molecule has 0 amide bonds. The van der Waals surface area contributed by atoms with E-state index >= 15 is 0 Å². The highest BCUT2D eigenvalue weighted by atomic mass is 16.5. The summed E-state index contributed by atoms with van der Waals surface area (Å²) >= 11 is 0. The molecule has 0 atom stereocenters. The van der Waals surface area contributed by atoms with Crippen molar-refractivity contribution in [1.29, 1.82) is 0 Å². The first-order valence-electron chi connectivity index (χ1n) is 6.23. The molecule has 21 heavy (non-hydrogen) atoms. The molecule has 0 fully saturated rings. The summed E-state index contributed by atoms with van der Waals surface area (Å²) in [5.74, 6) is 0.301. The van der Waals surface area contributed by atoms with Gasteiger partial charge in [-0.15, -0.1) is 0 Å². The highest BCUT2D eigenvalue weighted by Crippen LogP contribution is 2.31. The van der Waals surface area contributed by atoms with E-state index in [1.165, 1.54) is 25.3 Å². The van der Waals surface area contributed by atoms with Crippen molar-refractivity contribution in [1.82, 2.24) is 0 Å². The normalized spacial score (nSPS) is 10.7. The van der Waals surface area contributed by atoms with E-state index in [0.717, 1.165) is 0 Å². The molecule has 0 unspecified atom stereocenters. The van der Waals surface area contributed by atoms with Crippen LogP contribution in [0.15, 0.2) is 51.7 Å². The summed E-state index contributed by atoms with van der Waals surface area (Å²) in [6, 6.07) is 10.9. The van der Waals surface area contributed by atoms with Crippen molar-refractivity contribution in [3.63, 3.8) is 0 Å². The summed E-state index contributed by atoms with van der Waals surface area (Å²) in [6.07, 6.45) is 0. The van der Waals surface area contributed by atoms with E-state index in [9.17, 15) is 15.0 Å². The smallest absolute Gasteiger partial charge is 0.344 e. The first-order chi connectivity index (χ1) is 10.1. The maximum absolute atomic E-state index is 12.0. The van der Waals surface area contributed by atoms with Crippen LogP contribution >= 0.6 is 0 Å². The predicted octanol–water partition coefficient (Wildman–Crippen LogP) is 2.88. The van der Waals surface area contributed by atoms with Crippen LogP contribution in [0.1, 0.15) is 0 Å². The molecule has 5 heteroatoms. The molecular weight excluding hydrogens is 272 g/mol. The van der Waals surface area contributed by atoms with Crippen LogP contribution in [-0.2, 0) is 0 Å². The molecule has 0 saturated carbocycles. The Morgan fingerprint density at radius 2 is 1.86 bits per heavy atom. The molecule has 1 heterocycles. The first-order valence-corrected chi connectivity index (χ1v) is 6.23. The van der Waals surface area contributed by atoms with Crippen molar-refractivity contribution in [3.8, 4) is 28.4 Å². The first kappa shape index (κ1) is 13.1. The maximum Gasteiger partial charge on any atom is 0.344 e. The van der Waals surface area contributed by atoms with Gasteiger partial charge in [0.1, 0.15) is 11.3 Å². The van der Waals surface area contributed by atoms with Crippen LogP contribution in [0.25, 0.3) is 22.1 Å². The zero-order chi connectivity index (χ0) is 15.0. The molecule has 106 valence electrons. The molecule has 3 aromatic rings. The molecule has 2 N–H and O–H groups in total. The Morgan fingerprint density at radius 1 is 1.05 bits per heavy atom. The number of benzene rings is 2. The highest BCUT2D eigenvalue weighted by Gasteiger charge is 2.11. The van der Waals surface area contributed by atoms with Gasteiger partial charge < -0.3 is 19.4 Å². The molecule has 0 saturated heterocycles. The number of hydrogen-bond donors (Lipinski definition) is 2. The number of hydrogen-bond acceptors (Lipinski definition) is 5. The fourth-order valence-electron chi connectivity index (χ4n) is 2.16. The number of fused-ring (bicyclic) bond motifs is 1. The number of phenols is 2. The Morgan fingerprint density at radius 3 is 2.57 bits per heavy atom. The van der Waals surface area contributed by atoms with E-state index in [1.54, 1.807) is 24.3 Å². The monoisotopic (exact) mass is 284 g/mol. The van der Waals surface area contributed by atoms with Gasteiger partial charge in [-0.1, -0.05) is 6.07 Å². The Bertz CT molecular complexity index is 879. The third kappa shape index (κ3) is 2.29. The number of rotatable bonds is 2. The van der Waals surface area contributed by atoms with Crippen molar-refractivity contribution in [3.05, 3.63) is 52.9 Å². The average Bonchev–Trinajstić information content (AvgIpc) is 2.46. The Kier molecular flexibility index (Phi) is 3.02. The fourth-order valence-corrected chi connectivity index (χ4v) is 2.16. The van der Waals surface area contributed by atoms with Crippen LogP contribution in [0, 0.1) is 0 Å². The maximum atomic E-state index is 12.0. The van der Waals surface area contributed by atoms with Gasteiger partial charge in [-0.3, -0.25) is 0 Å². The second-order valence-corrected chi connectivity index (χ2v) is 4.56. The summed E-state index contributed by atoms with van der Waals surface area (Å²) in [5, 5.41) is 19.9. The standard InChI is InChI=1S/C16H12O5/c1-20-14-5-3-9(7-13(14)18)12-6-10-2-4-11(17)8-15(10)21-16(12)19/h2-8,17-18H,1H3. The summed E-state index contributed by atoms with van der Waals surface area (Å²) in [6.45, 7) is 0. The van der Waals surface area contributed by atoms with E-state index in [1.807, 2.05) is 0 Å². The fraction of sp³-hybridized carbons (Fsp3) is 0.0625. The third-order valence-electron chi connectivity index (χ3n) is 3.21. The average molecular weight is 284 g/mol. The van der Waals surface area contributed by atoms with E-state index < -0.39 is 5.63 Å². The van der Waals surface area contributed by atoms with Gasteiger partial charge in [-0.05, 0) is 35.9 Å². The topological polar surface area (TPSA) is 79.9 Å². The zero-order valence-corrected chi connectivity index (χ0v) is 11.2. The quantitative estimate of drug-likeness (QED) is 0.707. The van der Waals surface area contributed by atoms with E-state index in [2.05, 4.69) is 0 Å². The van der Waals surface area contributed by atoms with Crippen LogP contribution in [0.4, 0.5) is 0 Å². The Balaban J connectivity index is 2.20. The SMILES string of the molecule is COc1ccc(-c2cc3ccc(O)cc3oc2=O)cc1O. The molecule has 0 bridgehead atoms. The summed E-state index contributed by atoms with van der Waals surface area (Å²) in [7, 11) is 1.45. The lowest BCUT2D eigenvalue weighted by molar-refractivity contribution is 0.373. The van der Waals surface area contributed by atoms with Crippen LogP contribution in [0.3, 0.4) is 0 Å². The Hall–Kier alpha value is -2.95. The molecule has 0 aliphatic carbocycles. The van der Waals surface area contributed by atoms with Gasteiger partial charge in [0.25, 0.3) is 0 Å². The van der Waals surface area contributed by atoms with Gasteiger partial charge in [0, 0.05) is 11.5 Å². The van der Waals surface area contributed by atoms with Crippen LogP contribution < -0.4 is 10.4 Å². The van der Waals surface area contributed by atoms with Gasteiger partial charge in [-0.25, -0.2) is 4.79 Å². The number of phenolic OH excluding ortho intramolecular Hbond substituents is 2. The van der Waals surface area contributed by atoms with Gasteiger partial charge in [0.15, 0.2) is 11.5 Å². The number of methoxy groups -OCH3 is 1. The van der Waals surface area contributed by atoms with Crippen LogP contribution in [-0.4, -0.2) is 17.3 Å². The lowest BCUT2D eigenvalue weighted by atomic mass is 10.1. The van der Waals surface area contributed by atoms with Gasteiger partial charge in [0.05, 0.1) is 12.7 Å². The Labute approximate surface area is 119 Å². The lowest BCUT2D eigenvalue weighted by Gasteiger charge is -2.06. The molecule has 1 aromatic heterocycles. The molecular formula is C16H12O5. The van der Waals surface area contributed by atoms with Crippen molar-refractivity contribution < 1.29 is 19.4 Å². The van der Waals surface area contributed by atoms with Crippen molar-refractivity contribution in [2.24, 2.45) is 0 Å². The predicted molar refractivity (Wildman–Crippen MR) is 77.8 cm³/mol. The van der Waals surface area contributed by atoms with Crippen LogP contribution in [0.2, 0.25) is 0 Å². The molecule has 0 radical (unpaired) electrons. The minimum atomic E-state index is -0.544. The number of aromatic hydroxyl groups is 2. The van der Waals surface area contributed by atoms with Crippen molar-refractivity contribution >= 4 is 11.0 Å². The lowest BCUT2D eigenvalue weighted by Crippen LogP contribution is -2.02. The minimum absolute atomic E-state index is 0.0282. The molecule has 5 nitrogen and oxygen atoms in total. The van der Waals surface area contributed by atoms with E-state index in [4.69, 9.17) is 9.15 Å². The molecule has 0 spiro atoms. The largest absolute Gasteiger partial charge is 0.508 e. The molecule has 0 aliphatic rings. The second-order valence-electron chi connectivity index (χ2n) is 4.56. The third-order valence-corrected chi connectivity index (χ3v) is 3.21. The summed E-state index contributed by atoms with van der Waals surface area (Å²) < 4.78 is 10.2. The van der Waals surface area contributed by atoms with E-state index in [0.29, 0.717) is 27.8 Å². The van der Waals surface area contributed by atoms with Gasteiger partial charge in [-0.2, -0.15) is 0 Å². The van der Waals surface area contributed by atoms with Gasteiger partial charge in [0.2, 0.25) is 0 Å². The summed E-state index contributed by atoms with van der Waals surface area (Å²) in [5.41, 5.74) is 0.613. The minimum Gasteiger partial charge on any atom is -0.508 e. The zero-order valence-electron chi connectivity index (χ0n) is 11.2. The van der Waals surface area contributed by atoms with Crippen molar-refractivity contribution in [2.45, 2.75) is 0 Å². The van der Waals surface area contributed by atoms with Gasteiger partial charge >= 0.3 is 5.63 Å².